The average Bonchev–Trinajstić information content (AvgIpc) is 3.17. The Morgan fingerprint density at radius 1 is 1.23 bits per heavy atom. The molecule has 3 heterocycles. The number of rotatable bonds is 2. The van der Waals surface area contributed by atoms with Crippen molar-refractivity contribution in [1.82, 2.24) is 19.7 Å². The fraction of sp³-hybridized carbons (Fsp3) is 0.267. The maximum Gasteiger partial charge on any atom is 0.231 e. The highest BCUT2D eigenvalue weighted by molar-refractivity contribution is 5.54. The first-order valence-corrected chi connectivity index (χ1v) is 7.00. The van der Waals surface area contributed by atoms with Crippen LogP contribution in [0.5, 0.6) is 0 Å². The predicted molar refractivity (Wildman–Crippen MR) is 72.9 cm³/mol. The number of fused-ring (bicyclic) bond motifs is 1. The van der Waals surface area contributed by atoms with Crippen LogP contribution in [-0.2, 0) is 13.0 Å². The number of benzene rings is 1. The van der Waals surface area contributed by atoms with Crippen LogP contribution in [0.1, 0.15) is 24.1 Å². The van der Waals surface area contributed by atoms with E-state index < -0.39 is 11.6 Å². The summed E-state index contributed by atoms with van der Waals surface area (Å²) in [6.45, 7) is 0.731. The van der Waals surface area contributed by atoms with Crippen LogP contribution in [0, 0.1) is 11.6 Å². The molecular formula is C15H12F2N4O. The van der Waals surface area contributed by atoms with Gasteiger partial charge in [-0.3, -0.25) is 0 Å². The molecule has 22 heavy (non-hydrogen) atoms. The lowest BCUT2D eigenvalue weighted by Gasteiger charge is -2.20. The van der Waals surface area contributed by atoms with E-state index >= 15 is 0 Å². The summed E-state index contributed by atoms with van der Waals surface area (Å²) >= 11 is 0. The molecule has 0 bridgehead atoms. The first-order valence-electron chi connectivity index (χ1n) is 7.00. The lowest BCUT2D eigenvalue weighted by molar-refractivity contribution is 0.316. The Labute approximate surface area is 124 Å². The molecule has 0 radical (unpaired) electrons. The summed E-state index contributed by atoms with van der Waals surface area (Å²) in [6, 6.07) is 3.56. The average molecular weight is 302 g/mol. The van der Waals surface area contributed by atoms with Crippen molar-refractivity contribution >= 4 is 0 Å². The van der Waals surface area contributed by atoms with Crippen LogP contribution in [0.4, 0.5) is 8.78 Å². The Morgan fingerprint density at radius 3 is 3.00 bits per heavy atom. The maximum absolute atomic E-state index is 13.3. The smallest absolute Gasteiger partial charge is 0.231 e. The van der Waals surface area contributed by atoms with Gasteiger partial charge < -0.3 is 9.09 Å². The van der Waals surface area contributed by atoms with Gasteiger partial charge in [-0.25, -0.2) is 13.8 Å². The number of aromatic nitrogens is 4. The molecule has 0 N–H and O–H groups in total. The summed E-state index contributed by atoms with van der Waals surface area (Å²) in [6.07, 6.45) is 5.42. The molecule has 5 nitrogen and oxygen atoms in total. The second kappa shape index (κ2) is 5.01. The van der Waals surface area contributed by atoms with Crippen molar-refractivity contribution in [2.75, 3.05) is 0 Å². The molecule has 0 saturated heterocycles. The third kappa shape index (κ3) is 2.18. The fourth-order valence-electron chi connectivity index (χ4n) is 2.72. The zero-order chi connectivity index (χ0) is 15.1. The SMILES string of the molecule is Fc1ccc(-c2noc(C3CCc4nccn4C3)n2)cc1F. The molecule has 2 aromatic heterocycles. The Balaban J connectivity index is 1.60. The van der Waals surface area contributed by atoms with Gasteiger partial charge in [0, 0.05) is 30.9 Å². The number of hydrogen-bond donors (Lipinski definition) is 0. The number of hydrogen-bond acceptors (Lipinski definition) is 4. The van der Waals surface area contributed by atoms with Gasteiger partial charge >= 0.3 is 0 Å². The summed E-state index contributed by atoms with van der Waals surface area (Å²) in [5, 5.41) is 3.88. The molecule has 0 amide bonds. The van der Waals surface area contributed by atoms with E-state index in [0.29, 0.717) is 11.5 Å². The summed E-state index contributed by atoms with van der Waals surface area (Å²) < 4.78 is 33.6. The molecule has 0 saturated carbocycles. The third-order valence-electron chi connectivity index (χ3n) is 3.90. The van der Waals surface area contributed by atoms with Crippen molar-refractivity contribution in [2.24, 2.45) is 0 Å². The van der Waals surface area contributed by atoms with Crippen molar-refractivity contribution in [1.29, 1.82) is 0 Å². The van der Waals surface area contributed by atoms with Gasteiger partial charge in [0.25, 0.3) is 0 Å². The predicted octanol–water partition coefficient (Wildman–Crippen LogP) is 2.94. The molecule has 112 valence electrons. The van der Waals surface area contributed by atoms with E-state index in [4.69, 9.17) is 4.52 Å². The summed E-state index contributed by atoms with van der Waals surface area (Å²) in [4.78, 5) is 8.61. The van der Waals surface area contributed by atoms with E-state index in [1.54, 1.807) is 6.20 Å². The third-order valence-corrected chi connectivity index (χ3v) is 3.90. The van der Waals surface area contributed by atoms with Crippen LogP contribution < -0.4 is 0 Å². The lowest BCUT2D eigenvalue weighted by atomic mass is 9.99. The van der Waals surface area contributed by atoms with Crippen LogP contribution in [-0.4, -0.2) is 19.7 Å². The van der Waals surface area contributed by atoms with Gasteiger partial charge in [-0.2, -0.15) is 4.98 Å². The van der Waals surface area contributed by atoms with Crippen LogP contribution in [0.25, 0.3) is 11.4 Å². The Kier molecular flexibility index (Phi) is 2.99. The molecule has 0 fully saturated rings. The summed E-state index contributed by atoms with van der Waals surface area (Å²) in [7, 11) is 0. The highest BCUT2D eigenvalue weighted by atomic mass is 19.2. The molecule has 1 aliphatic rings. The topological polar surface area (TPSA) is 56.7 Å². The molecule has 1 unspecified atom stereocenters. The summed E-state index contributed by atoms with van der Waals surface area (Å²) in [5.74, 6) is 0.117. The minimum absolute atomic E-state index is 0.105. The van der Waals surface area contributed by atoms with E-state index in [1.165, 1.54) is 6.07 Å². The van der Waals surface area contributed by atoms with Gasteiger partial charge in [0.05, 0.1) is 5.92 Å². The van der Waals surface area contributed by atoms with Crippen molar-refractivity contribution < 1.29 is 13.3 Å². The number of nitrogens with zero attached hydrogens (tertiary/aromatic N) is 4. The quantitative estimate of drug-likeness (QED) is 0.730. The zero-order valence-electron chi connectivity index (χ0n) is 11.5. The fourth-order valence-corrected chi connectivity index (χ4v) is 2.72. The minimum Gasteiger partial charge on any atom is -0.339 e. The normalized spacial score (nSPS) is 17.5. The Bertz CT molecular complexity index is 827. The molecule has 0 spiro atoms. The minimum atomic E-state index is -0.926. The van der Waals surface area contributed by atoms with E-state index in [1.807, 2.05) is 6.20 Å². The van der Waals surface area contributed by atoms with Crippen molar-refractivity contribution in [2.45, 2.75) is 25.3 Å². The summed E-state index contributed by atoms with van der Waals surface area (Å²) in [5.41, 5.74) is 0.396. The maximum atomic E-state index is 13.3. The van der Waals surface area contributed by atoms with Gasteiger partial charge in [0.1, 0.15) is 5.82 Å². The highest BCUT2D eigenvalue weighted by Crippen LogP contribution is 2.28. The van der Waals surface area contributed by atoms with Crippen molar-refractivity contribution in [3.05, 3.63) is 53.9 Å². The molecule has 0 aliphatic carbocycles. The van der Waals surface area contributed by atoms with Crippen LogP contribution in [0.3, 0.4) is 0 Å². The largest absolute Gasteiger partial charge is 0.339 e. The van der Waals surface area contributed by atoms with E-state index in [0.717, 1.165) is 37.3 Å². The zero-order valence-corrected chi connectivity index (χ0v) is 11.5. The van der Waals surface area contributed by atoms with Gasteiger partial charge in [-0.1, -0.05) is 5.16 Å². The monoisotopic (exact) mass is 302 g/mol. The molecule has 3 aromatic rings. The molecule has 1 aliphatic heterocycles. The van der Waals surface area contributed by atoms with Crippen LogP contribution >= 0.6 is 0 Å². The molecule has 4 rings (SSSR count). The number of halogens is 2. The Hall–Kier alpha value is -2.57. The Morgan fingerprint density at radius 2 is 2.14 bits per heavy atom. The molecule has 1 atom stereocenters. The second-order valence-electron chi connectivity index (χ2n) is 5.32. The number of aryl methyl sites for hydroxylation is 1. The van der Waals surface area contributed by atoms with E-state index in [9.17, 15) is 8.78 Å². The lowest BCUT2D eigenvalue weighted by Crippen LogP contribution is -2.18. The molecule has 1 aromatic carbocycles. The van der Waals surface area contributed by atoms with Gasteiger partial charge in [-0.05, 0) is 24.6 Å². The van der Waals surface area contributed by atoms with Gasteiger partial charge in [-0.15, -0.1) is 0 Å². The van der Waals surface area contributed by atoms with E-state index in [-0.39, 0.29) is 11.7 Å². The van der Waals surface area contributed by atoms with Gasteiger partial charge in [0.2, 0.25) is 11.7 Å². The van der Waals surface area contributed by atoms with Gasteiger partial charge in [0.15, 0.2) is 11.6 Å². The second-order valence-corrected chi connectivity index (χ2v) is 5.32. The molecular weight excluding hydrogens is 290 g/mol. The van der Waals surface area contributed by atoms with Crippen LogP contribution in [0.2, 0.25) is 0 Å². The highest BCUT2D eigenvalue weighted by Gasteiger charge is 2.25. The number of imidazole rings is 1. The standard InChI is InChI=1S/C15H12F2N4O/c16-11-3-1-9(7-12(11)17)14-19-15(22-20-14)10-2-4-13-18-5-6-21(13)8-10/h1,3,5-7,10H,2,4,8H2. The molecule has 7 heteroatoms. The first kappa shape index (κ1) is 13.1. The van der Waals surface area contributed by atoms with Crippen LogP contribution in [0.15, 0.2) is 35.1 Å². The first-order chi connectivity index (χ1) is 10.7. The van der Waals surface area contributed by atoms with Crippen molar-refractivity contribution in [3.8, 4) is 11.4 Å². The van der Waals surface area contributed by atoms with E-state index in [2.05, 4.69) is 19.7 Å². The van der Waals surface area contributed by atoms with Crippen molar-refractivity contribution in [3.63, 3.8) is 0 Å².